The van der Waals surface area contributed by atoms with E-state index >= 15 is 0 Å². The number of aliphatic hydroxyl groups is 1. The van der Waals surface area contributed by atoms with Crippen molar-refractivity contribution in [1.29, 1.82) is 0 Å². The average Bonchev–Trinajstić information content (AvgIpc) is 3.58. The van der Waals surface area contributed by atoms with Gasteiger partial charge in [-0.25, -0.2) is 4.98 Å². The minimum atomic E-state index is -0.921. The lowest BCUT2D eigenvalue weighted by Crippen LogP contribution is -2.57. The maximum atomic E-state index is 13.9. The van der Waals surface area contributed by atoms with Gasteiger partial charge < -0.3 is 20.7 Å². The Morgan fingerprint density at radius 3 is 2.38 bits per heavy atom. The van der Waals surface area contributed by atoms with Crippen LogP contribution in [0.4, 0.5) is 0 Å². The van der Waals surface area contributed by atoms with Crippen molar-refractivity contribution in [2.24, 2.45) is 11.8 Å². The molecular formula is C37H52N6O4. The second-order valence-electron chi connectivity index (χ2n) is 13.4. The predicted molar refractivity (Wildman–Crippen MR) is 182 cm³/mol. The van der Waals surface area contributed by atoms with Crippen LogP contribution in [0.15, 0.2) is 67.3 Å². The van der Waals surface area contributed by atoms with E-state index in [0.29, 0.717) is 12.3 Å². The Morgan fingerprint density at radius 1 is 0.957 bits per heavy atom. The first-order valence-corrected chi connectivity index (χ1v) is 17.3. The van der Waals surface area contributed by atoms with Crippen molar-refractivity contribution in [3.05, 3.63) is 84.2 Å². The number of nitrogens with zero attached hydrogens (tertiary/aromatic N) is 2. The molecule has 0 unspecified atom stereocenters. The Kier molecular flexibility index (Phi) is 14.6. The Labute approximate surface area is 279 Å². The maximum Gasteiger partial charge on any atom is 0.249 e. The number of aryl methyl sites for hydroxylation is 1. The van der Waals surface area contributed by atoms with Crippen LogP contribution in [0, 0.1) is 11.8 Å². The summed E-state index contributed by atoms with van der Waals surface area (Å²) in [5.74, 6) is -0.730. The molecule has 2 heterocycles. The van der Waals surface area contributed by atoms with Crippen LogP contribution >= 0.6 is 0 Å². The van der Waals surface area contributed by atoms with Gasteiger partial charge in [0.05, 0.1) is 18.5 Å². The molecule has 4 rings (SSSR count). The molecule has 10 heteroatoms. The third kappa shape index (κ3) is 12.7. The molecule has 2 aromatic heterocycles. The minimum absolute atomic E-state index is 0.122. The monoisotopic (exact) mass is 644 g/mol. The van der Waals surface area contributed by atoms with E-state index < -0.39 is 30.0 Å². The van der Waals surface area contributed by atoms with Crippen molar-refractivity contribution in [2.75, 3.05) is 0 Å². The quantitative estimate of drug-likeness (QED) is 0.137. The standard InChI is InChI=1S/C37H52N6O4/c1-26(2)20-35(45)42-32(22-28-14-7-4-8-15-28)36(46)43-37(47)33(23-30-24-38-25-40-30)41-31(21-27-12-5-3-6-13-27)34(44)18-11-17-29-16-9-10-19-39-29/h4,7-10,14-16,19,24-27,31-34,41,44H,3,5-6,11-13,17-18,20-23H2,1-2H3,(H,38,40)(H,42,45)(H,43,46,47)/t31-,32-,33-,34-/m0/s1. The van der Waals surface area contributed by atoms with E-state index in [2.05, 4.69) is 30.9 Å². The lowest BCUT2D eigenvalue weighted by atomic mass is 9.83. The number of hydrogen-bond acceptors (Lipinski definition) is 7. The molecule has 3 amide bonds. The lowest BCUT2D eigenvalue weighted by molar-refractivity contribution is -0.135. The molecule has 1 aliphatic carbocycles. The summed E-state index contributed by atoms with van der Waals surface area (Å²) >= 11 is 0. The summed E-state index contributed by atoms with van der Waals surface area (Å²) in [7, 11) is 0. The zero-order valence-electron chi connectivity index (χ0n) is 27.9. The number of aromatic amines is 1. The van der Waals surface area contributed by atoms with E-state index in [-0.39, 0.29) is 37.1 Å². The van der Waals surface area contributed by atoms with E-state index in [1.807, 2.05) is 62.4 Å². The van der Waals surface area contributed by atoms with Crippen LogP contribution in [0.2, 0.25) is 0 Å². The number of rotatable bonds is 18. The lowest BCUT2D eigenvalue weighted by Gasteiger charge is -2.33. The fraction of sp³-hybridized carbons (Fsp3) is 0.541. The third-order valence-corrected chi connectivity index (χ3v) is 8.92. The largest absolute Gasteiger partial charge is 0.392 e. The Balaban J connectivity index is 1.49. The summed E-state index contributed by atoms with van der Waals surface area (Å²) in [5, 5.41) is 20.5. The molecule has 3 aromatic rings. The van der Waals surface area contributed by atoms with E-state index in [0.717, 1.165) is 49.1 Å². The highest BCUT2D eigenvalue weighted by atomic mass is 16.3. The van der Waals surface area contributed by atoms with Gasteiger partial charge in [0.25, 0.3) is 0 Å². The van der Waals surface area contributed by atoms with Crippen molar-refractivity contribution in [2.45, 2.75) is 115 Å². The summed E-state index contributed by atoms with van der Waals surface area (Å²) < 4.78 is 0. The fourth-order valence-electron chi connectivity index (χ4n) is 6.44. The first kappa shape index (κ1) is 36.0. The van der Waals surface area contributed by atoms with Gasteiger partial charge in [-0.05, 0) is 55.2 Å². The Morgan fingerprint density at radius 2 is 1.70 bits per heavy atom. The van der Waals surface area contributed by atoms with Gasteiger partial charge in [-0.15, -0.1) is 0 Å². The summed E-state index contributed by atoms with van der Waals surface area (Å²) in [6.07, 6.45) is 13.7. The molecular weight excluding hydrogens is 592 g/mol. The SMILES string of the molecule is CC(C)CC(=O)N[C@@H](Cc1ccccc1)C(=O)NC(=O)[C@H](Cc1cnc[nH]1)N[C@@H](CC1CCCCC1)[C@@H](O)CCCc1ccccn1. The van der Waals surface area contributed by atoms with Crippen molar-refractivity contribution in [3.63, 3.8) is 0 Å². The number of aromatic nitrogens is 3. The van der Waals surface area contributed by atoms with Crippen molar-refractivity contribution < 1.29 is 19.5 Å². The number of H-pyrrole nitrogens is 1. The smallest absolute Gasteiger partial charge is 0.249 e. The molecule has 1 aliphatic rings. The molecule has 4 atom stereocenters. The zero-order valence-corrected chi connectivity index (χ0v) is 27.9. The number of nitrogens with one attached hydrogen (secondary N) is 4. The molecule has 1 fully saturated rings. The van der Waals surface area contributed by atoms with E-state index in [9.17, 15) is 19.5 Å². The molecule has 1 saturated carbocycles. The number of carbonyl (C=O) groups is 3. The van der Waals surface area contributed by atoms with Crippen LogP contribution in [0.1, 0.15) is 88.6 Å². The van der Waals surface area contributed by atoms with Gasteiger partial charge in [-0.3, -0.25) is 24.7 Å². The number of aliphatic hydroxyl groups excluding tert-OH is 1. The molecule has 0 saturated heterocycles. The molecule has 0 spiro atoms. The number of hydrogen-bond donors (Lipinski definition) is 5. The van der Waals surface area contributed by atoms with Crippen LogP contribution in [0.25, 0.3) is 0 Å². The maximum absolute atomic E-state index is 13.9. The average molecular weight is 645 g/mol. The number of carbonyl (C=O) groups excluding carboxylic acids is 3. The number of imide groups is 1. The van der Waals surface area contributed by atoms with Gasteiger partial charge in [-0.2, -0.15) is 0 Å². The Bertz CT molecular complexity index is 1350. The molecule has 1 aromatic carbocycles. The number of benzene rings is 1. The summed E-state index contributed by atoms with van der Waals surface area (Å²) in [6, 6.07) is 13.2. The number of pyridine rings is 1. The van der Waals surface area contributed by atoms with Crippen LogP contribution in [0.3, 0.4) is 0 Å². The Hall–Kier alpha value is -3.89. The van der Waals surface area contributed by atoms with Gasteiger partial charge in [-0.1, -0.05) is 82.3 Å². The van der Waals surface area contributed by atoms with Crippen molar-refractivity contribution in [3.8, 4) is 0 Å². The molecule has 254 valence electrons. The zero-order chi connectivity index (χ0) is 33.4. The van der Waals surface area contributed by atoms with Gasteiger partial charge >= 0.3 is 0 Å². The van der Waals surface area contributed by atoms with E-state index in [1.165, 1.54) is 19.3 Å². The molecule has 0 aliphatic heterocycles. The van der Waals surface area contributed by atoms with E-state index in [1.54, 1.807) is 18.7 Å². The summed E-state index contributed by atoms with van der Waals surface area (Å²) in [5.41, 5.74) is 2.59. The van der Waals surface area contributed by atoms with Crippen LogP contribution < -0.4 is 16.0 Å². The van der Waals surface area contributed by atoms with Crippen molar-refractivity contribution in [1.82, 2.24) is 30.9 Å². The molecule has 10 nitrogen and oxygen atoms in total. The van der Waals surface area contributed by atoms with Crippen LogP contribution in [0.5, 0.6) is 0 Å². The number of amides is 3. The minimum Gasteiger partial charge on any atom is -0.392 e. The van der Waals surface area contributed by atoms with Gasteiger partial charge in [0.2, 0.25) is 17.7 Å². The van der Waals surface area contributed by atoms with Gasteiger partial charge in [0.15, 0.2) is 0 Å². The van der Waals surface area contributed by atoms with Gasteiger partial charge in [0.1, 0.15) is 6.04 Å². The second-order valence-corrected chi connectivity index (χ2v) is 13.4. The summed E-state index contributed by atoms with van der Waals surface area (Å²) in [4.78, 5) is 51.9. The highest BCUT2D eigenvalue weighted by Crippen LogP contribution is 2.29. The first-order chi connectivity index (χ1) is 22.8. The predicted octanol–water partition coefficient (Wildman–Crippen LogP) is 4.44. The third-order valence-electron chi connectivity index (χ3n) is 8.92. The molecule has 5 N–H and O–H groups in total. The number of imidazole rings is 1. The molecule has 47 heavy (non-hydrogen) atoms. The normalized spacial score (nSPS) is 16.3. The highest BCUT2D eigenvalue weighted by molar-refractivity contribution is 6.01. The van der Waals surface area contributed by atoms with E-state index in [4.69, 9.17) is 0 Å². The first-order valence-electron chi connectivity index (χ1n) is 17.3. The molecule has 0 radical (unpaired) electrons. The van der Waals surface area contributed by atoms with Crippen molar-refractivity contribution >= 4 is 17.7 Å². The topological polar surface area (TPSA) is 149 Å². The summed E-state index contributed by atoms with van der Waals surface area (Å²) in [6.45, 7) is 3.88. The van der Waals surface area contributed by atoms with Crippen LogP contribution in [-0.2, 0) is 33.6 Å². The van der Waals surface area contributed by atoms with Crippen LogP contribution in [-0.4, -0.2) is 62.0 Å². The van der Waals surface area contributed by atoms with Gasteiger partial charge in [0, 0.05) is 49.1 Å². The molecule has 0 bridgehead atoms. The second kappa shape index (κ2) is 19.1. The highest BCUT2D eigenvalue weighted by Gasteiger charge is 2.32. The fourth-order valence-corrected chi connectivity index (χ4v) is 6.44.